The maximum atomic E-state index is 12.7. The third-order valence-corrected chi connectivity index (χ3v) is 5.27. The Morgan fingerprint density at radius 1 is 1.04 bits per heavy atom. The van der Waals surface area contributed by atoms with Gasteiger partial charge in [-0.15, -0.1) is 0 Å². The molecule has 1 aromatic rings. The first kappa shape index (κ1) is 16.7. The number of rotatable bonds is 3. The van der Waals surface area contributed by atoms with Crippen LogP contribution in [0.4, 0.5) is 17.1 Å². The van der Waals surface area contributed by atoms with Gasteiger partial charge in [0.1, 0.15) is 5.69 Å². The summed E-state index contributed by atoms with van der Waals surface area (Å²) >= 11 is 0. The summed E-state index contributed by atoms with van der Waals surface area (Å²) in [5, 5.41) is 11.6. The number of allylic oxidation sites excluding steroid dienone is 2. The fourth-order valence-electron chi connectivity index (χ4n) is 3.92. The van der Waals surface area contributed by atoms with Gasteiger partial charge in [-0.3, -0.25) is 19.7 Å². The van der Waals surface area contributed by atoms with Crippen LogP contribution in [-0.4, -0.2) is 43.0 Å². The zero-order valence-electron chi connectivity index (χ0n) is 14.2. The fourth-order valence-corrected chi connectivity index (χ4v) is 3.92. The number of imide groups is 1. The van der Waals surface area contributed by atoms with E-state index in [1.54, 1.807) is 12.1 Å². The summed E-state index contributed by atoms with van der Waals surface area (Å²) in [6, 6.07) is 4.59. The van der Waals surface area contributed by atoms with Crippen LogP contribution in [0, 0.1) is 22.0 Å². The van der Waals surface area contributed by atoms with Gasteiger partial charge in [0, 0.05) is 19.2 Å². The number of ether oxygens (including phenoxy) is 1. The first-order chi connectivity index (χ1) is 12.6. The number of benzene rings is 1. The fraction of sp³-hybridized carbons (Fsp3) is 0.444. The Bertz CT molecular complexity index is 774. The molecular weight excluding hydrogens is 338 g/mol. The molecule has 2 aliphatic heterocycles. The van der Waals surface area contributed by atoms with Gasteiger partial charge in [-0.25, -0.2) is 4.90 Å². The van der Waals surface area contributed by atoms with Crippen LogP contribution < -0.4 is 9.80 Å². The van der Waals surface area contributed by atoms with Crippen molar-refractivity contribution in [2.45, 2.75) is 12.8 Å². The van der Waals surface area contributed by atoms with Gasteiger partial charge in [-0.05, 0) is 25.0 Å². The van der Waals surface area contributed by atoms with Crippen molar-refractivity contribution in [3.63, 3.8) is 0 Å². The molecule has 1 aliphatic carbocycles. The summed E-state index contributed by atoms with van der Waals surface area (Å²) in [6.45, 7) is 2.16. The van der Waals surface area contributed by atoms with Gasteiger partial charge in [0.15, 0.2) is 0 Å². The lowest BCUT2D eigenvalue weighted by Crippen LogP contribution is -2.36. The number of hydrogen-bond acceptors (Lipinski definition) is 6. The third kappa shape index (κ3) is 2.66. The minimum atomic E-state index is -0.464. The van der Waals surface area contributed by atoms with Crippen molar-refractivity contribution < 1.29 is 19.2 Å². The van der Waals surface area contributed by atoms with E-state index >= 15 is 0 Å². The second-order valence-electron chi connectivity index (χ2n) is 6.70. The van der Waals surface area contributed by atoms with Crippen molar-refractivity contribution in [2.75, 3.05) is 36.1 Å². The van der Waals surface area contributed by atoms with Gasteiger partial charge in [0.25, 0.3) is 5.69 Å². The van der Waals surface area contributed by atoms with Gasteiger partial charge in [-0.2, -0.15) is 0 Å². The van der Waals surface area contributed by atoms with Gasteiger partial charge in [0.2, 0.25) is 11.8 Å². The monoisotopic (exact) mass is 357 g/mol. The minimum absolute atomic E-state index is 0.0991. The summed E-state index contributed by atoms with van der Waals surface area (Å²) in [5.41, 5.74) is 0.663. The highest BCUT2D eigenvalue weighted by atomic mass is 16.6. The predicted molar refractivity (Wildman–Crippen MR) is 94.0 cm³/mol. The Labute approximate surface area is 150 Å². The highest BCUT2D eigenvalue weighted by molar-refractivity contribution is 6.22. The van der Waals surface area contributed by atoms with Crippen LogP contribution in [0.1, 0.15) is 12.8 Å². The van der Waals surface area contributed by atoms with E-state index in [4.69, 9.17) is 4.74 Å². The van der Waals surface area contributed by atoms with Crippen molar-refractivity contribution in [1.29, 1.82) is 0 Å². The minimum Gasteiger partial charge on any atom is -0.378 e. The molecule has 8 nitrogen and oxygen atoms in total. The third-order valence-electron chi connectivity index (χ3n) is 5.27. The lowest BCUT2D eigenvalue weighted by atomic mass is 9.85. The lowest BCUT2D eigenvalue weighted by molar-refractivity contribution is -0.384. The number of nitro benzene ring substituents is 1. The predicted octanol–water partition coefficient (Wildman–Crippen LogP) is 1.89. The Morgan fingerprint density at radius 3 is 2.23 bits per heavy atom. The van der Waals surface area contributed by atoms with E-state index in [1.165, 1.54) is 6.07 Å². The zero-order chi connectivity index (χ0) is 18.3. The van der Waals surface area contributed by atoms with Crippen LogP contribution >= 0.6 is 0 Å². The topological polar surface area (TPSA) is 93.0 Å². The molecule has 2 amide bonds. The Morgan fingerprint density at radius 2 is 1.65 bits per heavy atom. The van der Waals surface area contributed by atoms with Crippen molar-refractivity contribution in [3.8, 4) is 0 Å². The molecule has 1 aromatic carbocycles. The lowest BCUT2D eigenvalue weighted by Gasteiger charge is -2.28. The molecule has 8 heteroatoms. The standard InChI is InChI=1S/C18H19N3O5/c22-17-13-3-1-2-4-14(13)18(23)20(17)12-5-6-15(16(11-12)21(24)25)19-7-9-26-10-8-19/h1-2,5-6,11,13-14H,3-4,7-10H2. The van der Waals surface area contributed by atoms with Gasteiger partial charge >= 0.3 is 0 Å². The molecule has 26 heavy (non-hydrogen) atoms. The number of anilines is 2. The summed E-state index contributed by atoms with van der Waals surface area (Å²) in [4.78, 5) is 39.5. The van der Waals surface area contributed by atoms with Gasteiger partial charge in [-0.1, -0.05) is 12.2 Å². The number of fused-ring (bicyclic) bond motifs is 1. The number of morpholine rings is 1. The molecule has 2 unspecified atom stereocenters. The summed E-state index contributed by atoms with van der Waals surface area (Å²) in [7, 11) is 0. The molecule has 2 saturated heterocycles. The van der Waals surface area contributed by atoms with Crippen LogP contribution in [0.2, 0.25) is 0 Å². The van der Waals surface area contributed by atoms with E-state index in [-0.39, 0.29) is 35.0 Å². The van der Waals surface area contributed by atoms with E-state index in [9.17, 15) is 19.7 Å². The molecule has 136 valence electrons. The van der Waals surface area contributed by atoms with Gasteiger partial charge < -0.3 is 9.64 Å². The maximum Gasteiger partial charge on any atom is 0.294 e. The second kappa shape index (κ2) is 6.53. The molecule has 3 aliphatic rings. The molecule has 2 heterocycles. The van der Waals surface area contributed by atoms with Crippen molar-refractivity contribution in [2.24, 2.45) is 11.8 Å². The van der Waals surface area contributed by atoms with E-state index in [2.05, 4.69) is 0 Å². The number of hydrogen-bond donors (Lipinski definition) is 0. The van der Waals surface area contributed by atoms with Crippen LogP contribution in [-0.2, 0) is 14.3 Å². The number of carbonyl (C=O) groups excluding carboxylic acids is 2. The first-order valence-corrected chi connectivity index (χ1v) is 8.72. The van der Waals surface area contributed by atoms with E-state index < -0.39 is 4.92 Å². The van der Waals surface area contributed by atoms with E-state index in [1.807, 2.05) is 17.1 Å². The Hall–Kier alpha value is -2.74. The first-order valence-electron chi connectivity index (χ1n) is 8.72. The molecule has 4 rings (SSSR count). The van der Waals surface area contributed by atoms with Crippen molar-refractivity contribution in [1.82, 2.24) is 0 Å². The maximum absolute atomic E-state index is 12.7. The van der Waals surface area contributed by atoms with Crippen LogP contribution in [0.3, 0.4) is 0 Å². The van der Waals surface area contributed by atoms with E-state index in [0.717, 1.165) is 4.90 Å². The molecule has 0 spiro atoms. The number of nitrogens with zero attached hydrogens (tertiary/aromatic N) is 3. The van der Waals surface area contributed by atoms with Crippen LogP contribution in [0.25, 0.3) is 0 Å². The number of amides is 2. The van der Waals surface area contributed by atoms with Crippen molar-refractivity contribution in [3.05, 3.63) is 40.5 Å². The Kier molecular flexibility index (Phi) is 4.20. The molecule has 0 aromatic heterocycles. The molecule has 0 radical (unpaired) electrons. The summed E-state index contributed by atoms with van der Waals surface area (Å²) in [5.74, 6) is -1.24. The highest BCUT2D eigenvalue weighted by Crippen LogP contribution is 2.40. The number of carbonyl (C=O) groups is 2. The van der Waals surface area contributed by atoms with Crippen molar-refractivity contribution >= 4 is 28.9 Å². The quantitative estimate of drug-likeness (QED) is 0.355. The Balaban J connectivity index is 1.69. The molecule has 0 N–H and O–H groups in total. The smallest absolute Gasteiger partial charge is 0.294 e. The van der Waals surface area contributed by atoms with Crippen LogP contribution in [0.15, 0.2) is 30.4 Å². The summed E-state index contributed by atoms with van der Waals surface area (Å²) < 4.78 is 5.29. The van der Waals surface area contributed by atoms with E-state index in [0.29, 0.717) is 44.8 Å². The normalized spacial score (nSPS) is 25.5. The SMILES string of the molecule is O=C1C2CC=CCC2C(=O)N1c1ccc(N2CCOCC2)c([N+](=O)[O-])c1. The molecule has 0 bridgehead atoms. The summed E-state index contributed by atoms with van der Waals surface area (Å²) in [6.07, 6.45) is 4.92. The molecule has 2 fully saturated rings. The average Bonchev–Trinajstić information content (AvgIpc) is 2.93. The second-order valence-corrected chi connectivity index (χ2v) is 6.70. The average molecular weight is 357 g/mol. The van der Waals surface area contributed by atoms with Gasteiger partial charge in [0.05, 0.1) is 35.7 Å². The largest absolute Gasteiger partial charge is 0.378 e. The molecule has 0 saturated carbocycles. The number of nitro groups is 1. The molecular formula is C18H19N3O5. The zero-order valence-corrected chi connectivity index (χ0v) is 14.2. The highest BCUT2D eigenvalue weighted by Gasteiger charge is 2.48. The van der Waals surface area contributed by atoms with Crippen LogP contribution in [0.5, 0.6) is 0 Å². The molecule has 2 atom stereocenters.